The lowest BCUT2D eigenvalue weighted by Crippen LogP contribution is -2.30. The highest BCUT2D eigenvalue weighted by molar-refractivity contribution is 7.89. The van der Waals surface area contributed by atoms with E-state index in [1.165, 1.54) is 0 Å². The molecule has 0 bridgehead atoms. The molecule has 3 aromatic rings. The van der Waals surface area contributed by atoms with E-state index in [0.717, 1.165) is 16.3 Å². The van der Waals surface area contributed by atoms with Crippen molar-refractivity contribution in [3.05, 3.63) is 71.8 Å². The van der Waals surface area contributed by atoms with Gasteiger partial charge in [-0.05, 0) is 65.6 Å². The first-order valence-corrected chi connectivity index (χ1v) is 12.2. The summed E-state index contributed by atoms with van der Waals surface area (Å²) in [6, 6.07) is 19.8. The standard InChI is InChI=1S/C25H25N3O4S/c1-32-23-7-5-20-6-8-24(15-22(20)14-23)33(30,31)27-11-9-21-10-12-28(25(21)29)17-19-4-2-3-18(13-19)16-26/h2-8,13-15,21,27H,9-12,17H2,1H3/t21-/m1/s1. The molecule has 1 saturated heterocycles. The second-order valence-corrected chi connectivity index (χ2v) is 9.89. The van der Waals surface area contributed by atoms with Crippen LogP contribution >= 0.6 is 0 Å². The molecule has 3 aromatic carbocycles. The Balaban J connectivity index is 1.35. The molecule has 1 atom stereocenters. The van der Waals surface area contributed by atoms with Gasteiger partial charge in [0, 0.05) is 25.6 Å². The molecule has 8 heteroatoms. The topological polar surface area (TPSA) is 99.5 Å². The molecule has 7 nitrogen and oxygen atoms in total. The van der Waals surface area contributed by atoms with Crippen LogP contribution in [0.15, 0.2) is 65.6 Å². The number of rotatable bonds is 8. The van der Waals surface area contributed by atoms with Crippen LogP contribution in [0.4, 0.5) is 0 Å². The minimum Gasteiger partial charge on any atom is -0.497 e. The summed E-state index contributed by atoms with van der Waals surface area (Å²) in [5.74, 6) is 0.468. The van der Waals surface area contributed by atoms with Crippen LogP contribution in [0, 0.1) is 17.2 Å². The van der Waals surface area contributed by atoms with Gasteiger partial charge in [-0.3, -0.25) is 4.79 Å². The highest BCUT2D eigenvalue weighted by Crippen LogP contribution is 2.25. The fourth-order valence-electron chi connectivity index (χ4n) is 4.14. The van der Waals surface area contributed by atoms with E-state index in [2.05, 4.69) is 10.8 Å². The first-order chi connectivity index (χ1) is 15.9. The van der Waals surface area contributed by atoms with Crippen molar-refractivity contribution in [2.45, 2.75) is 24.3 Å². The smallest absolute Gasteiger partial charge is 0.240 e. The second kappa shape index (κ2) is 9.61. The molecular weight excluding hydrogens is 438 g/mol. The van der Waals surface area contributed by atoms with E-state index in [1.54, 1.807) is 48.4 Å². The summed E-state index contributed by atoms with van der Waals surface area (Å²) in [5, 5.41) is 10.7. The summed E-state index contributed by atoms with van der Waals surface area (Å²) in [5.41, 5.74) is 1.48. The molecule has 0 aromatic heterocycles. The van der Waals surface area contributed by atoms with Crippen LogP contribution < -0.4 is 9.46 Å². The number of sulfonamides is 1. The Morgan fingerprint density at radius 3 is 2.73 bits per heavy atom. The van der Waals surface area contributed by atoms with Gasteiger partial charge in [0.25, 0.3) is 0 Å². The minimum absolute atomic E-state index is 0.0226. The quantitative estimate of drug-likeness (QED) is 0.552. The number of nitrogens with zero attached hydrogens (tertiary/aromatic N) is 2. The molecule has 1 fully saturated rings. The third-order valence-electron chi connectivity index (χ3n) is 5.95. The van der Waals surface area contributed by atoms with E-state index in [9.17, 15) is 13.2 Å². The SMILES string of the molecule is COc1ccc2ccc(S(=O)(=O)NCC[C@@H]3CCN(Cc4cccc(C#N)c4)C3=O)cc2c1. The van der Waals surface area contributed by atoms with Crippen molar-refractivity contribution in [1.29, 1.82) is 5.26 Å². The van der Waals surface area contributed by atoms with Gasteiger partial charge in [0.2, 0.25) is 15.9 Å². The average Bonchev–Trinajstić information content (AvgIpc) is 3.17. The van der Waals surface area contributed by atoms with Gasteiger partial charge in [-0.25, -0.2) is 13.1 Å². The maximum atomic E-state index is 12.8. The zero-order valence-corrected chi connectivity index (χ0v) is 19.1. The van der Waals surface area contributed by atoms with Crippen LogP contribution in [0.3, 0.4) is 0 Å². The molecule has 0 aliphatic carbocycles. The van der Waals surface area contributed by atoms with Gasteiger partial charge in [0.15, 0.2) is 0 Å². The Kier molecular flexibility index (Phi) is 6.63. The summed E-state index contributed by atoms with van der Waals surface area (Å²) in [4.78, 5) is 14.7. The highest BCUT2D eigenvalue weighted by Gasteiger charge is 2.31. The van der Waals surface area contributed by atoms with Gasteiger partial charge in [-0.15, -0.1) is 0 Å². The molecule has 1 N–H and O–H groups in total. The Hall–Kier alpha value is -3.41. The predicted octanol–water partition coefficient (Wildman–Crippen LogP) is 3.44. The van der Waals surface area contributed by atoms with Gasteiger partial charge in [-0.1, -0.05) is 24.3 Å². The van der Waals surface area contributed by atoms with Crippen LogP contribution in [0.1, 0.15) is 24.0 Å². The number of hydrogen-bond donors (Lipinski definition) is 1. The number of fused-ring (bicyclic) bond motifs is 1. The largest absolute Gasteiger partial charge is 0.497 e. The zero-order chi connectivity index (χ0) is 23.4. The van der Waals surface area contributed by atoms with E-state index in [-0.39, 0.29) is 23.3 Å². The molecule has 1 heterocycles. The van der Waals surface area contributed by atoms with Crippen LogP contribution in [-0.4, -0.2) is 39.4 Å². The normalized spacial score (nSPS) is 16.2. The molecule has 1 aliphatic rings. The van der Waals surface area contributed by atoms with Crippen molar-refractivity contribution in [3.8, 4) is 11.8 Å². The summed E-state index contributed by atoms with van der Waals surface area (Å²) in [7, 11) is -2.13. The van der Waals surface area contributed by atoms with E-state index in [1.807, 2.05) is 24.3 Å². The fourth-order valence-corrected chi connectivity index (χ4v) is 5.22. The number of benzene rings is 3. The summed E-state index contributed by atoms with van der Waals surface area (Å²) < 4.78 is 33.4. The molecule has 1 aliphatic heterocycles. The number of nitrogens with one attached hydrogen (secondary N) is 1. The lowest BCUT2D eigenvalue weighted by Gasteiger charge is -2.17. The summed E-state index contributed by atoms with van der Waals surface area (Å²) in [6.07, 6.45) is 1.13. The van der Waals surface area contributed by atoms with E-state index in [0.29, 0.717) is 37.2 Å². The van der Waals surface area contributed by atoms with Crippen molar-refractivity contribution in [2.75, 3.05) is 20.2 Å². The number of methoxy groups -OCH3 is 1. The van der Waals surface area contributed by atoms with Gasteiger partial charge >= 0.3 is 0 Å². The van der Waals surface area contributed by atoms with Gasteiger partial charge in [-0.2, -0.15) is 5.26 Å². The summed E-state index contributed by atoms with van der Waals surface area (Å²) >= 11 is 0. The lowest BCUT2D eigenvalue weighted by molar-refractivity contribution is -0.131. The maximum Gasteiger partial charge on any atom is 0.240 e. The molecule has 0 saturated carbocycles. The van der Waals surface area contributed by atoms with E-state index < -0.39 is 10.0 Å². The minimum atomic E-state index is -3.70. The molecule has 170 valence electrons. The Morgan fingerprint density at radius 1 is 1.12 bits per heavy atom. The monoisotopic (exact) mass is 463 g/mol. The third kappa shape index (κ3) is 5.16. The number of nitriles is 1. The van der Waals surface area contributed by atoms with Crippen LogP contribution in [0.2, 0.25) is 0 Å². The molecule has 0 radical (unpaired) electrons. The first kappa shape index (κ1) is 22.8. The Morgan fingerprint density at radius 2 is 1.94 bits per heavy atom. The number of carbonyl (C=O) groups excluding carboxylic acids is 1. The second-order valence-electron chi connectivity index (χ2n) is 8.12. The Labute approximate surface area is 193 Å². The third-order valence-corrected chi connectivity index (χ3v) is 7.41. The Bertz CT molecular complexity index is 1330. The zero-order valence-electron chi connectivity index (χ0n) is 18.3. The fraction of sp³-hybridized carbons (Fsp3) is 0.280. The number of amides is 1. The number of likely N-dealkylation sites (tertiary alicyclic amines) is 1. The molecule has 0 spiro atoms. The van der Waals surface area contributed by atoms with Crippen molar-refractivity contribution in [3.63, 3.8) is 0 Å². The van der Waals surface area contributed by atoms with Crippen LogP contribution in [0.5, 0.6) is 5.75 Å². The van der Waals surface area contributed by atoms with Gasteiger partial charge in [0.1, 0.15) is 5.75 Å². The van der Waals surface area contributed by atoms with Gasteiger partial charge in [0.05, 0.1) is 23.6 Å². The number of ether oxygens (including phenoxy) is 1. The van der Waals surface area contributed by atoms with Crippen LogP contribution in [-0.2, 0) is 21.4 Å². The van der Waals surface area contributed by atoms with Crippen molar-refractivity contribution in [1.82, 2.24) is 9.62 Å². The molecular formula is C25H25N3O4S. The van der Waals surface area contributed by atoms with Gasteiger partial charge < -0.3 is 9.64 Å². The first-order valence-electron chi connectivity index (χ1n) is 10.7. The van der Waals surface area contributed by atoms with Crippen molar-refractivity contribution >= 4 is 26.7 Å². The van der Waals surface area contributed by atoms with E-state index in [4.69, 9.17) is 10.00 Å². The van der Waals surface area contributed by atoms with Crippen molar-refractivity contribution in [2.24, 2.45) is 5.92 Å². The van der Waals surface area contributed by atoms with Crippen molar-refractivity contribution < 1.29 is 17.9 Å². The molecule has 4 rings (SSSR count). The summed E-state index contributed by atoms with van der Waals surface area (Å²) in [6.45, 7) is 1.27. The van der Waals surface area contributed by atoms with Crippen LogP contribution in [0.25, 0.3) is 10.8 Å². The maximum absolute atomic E-state index is 12.8. The highest BCUT2D eigenvalue weighted by atomic mass is 32.2. The molecule has 33 heavy (non-hydrogen) atoms. The molecule has 1 amide bonds. The predicted molar refractivity (Wildman–Crippen MR) is 125 cm³/mol. The average molecular weight is 464 g/mol. The number of carbonyl (C=O) groups is 1. The molecule has 0 unspecified atom stereocenters. The lowest BCUT2D eigenvalue weighted by atomic mass is 10.0. The number of hydrogen-bond acceptors (Lipinski definition) is 5. The van der Waals surface area contributed by atoms with E-state index >= 15 is 0 Å².